The van der Waals surface area contributed by atoms with E-state index in [9.17, 15) is 4.79 Å². The van der Waals surface area contributed by atoms with Crippen molar-refractivity contribution in [2.24, 2.45) is 0 Å². The van der Waals surface area contributed by atoms with E-state index in [0.717, 1.165) is 22.4 Å². The molecule has 3 rings (SSSR count). The van der Waals surface area contributed by atoms with Gasteiger partial charge < -0.3 is 9.47 Å². The van der Waals surface area contributed by atoms with Gasteiger partial charge in [-0.3, -0.25) is 9.69 Å². The Morgan fingerprint density at radius 2 is 1.85 bits per heavy atom. The van der Waals surface area contributed by atoms with Crippen LogP contribution in [0.2, 0.25) is 0 Å². The molecule has 2 aromatic carbocycles. The maximum absolute atomic E-state index is 13.0. The second kappa shape index (κ2) is 7.51. The van der Waals surface area contributed by atoms with E-state index in [-0.39, 0.29) is 5.91 Å². The summed E-state index contributed by atoms with van der Waals surface area (Å²) < 4.78 is 11.2. The van der Waals surface area contributed by atoms with Gasteiger partial charge >= 0.3 is 0 Å². The fraction of sp³-hybridized carbons (Fsp3) is 0.200. The Kier molecular flexibility index (Phi) is 5.34. The number of nitrogens with zero attached hydrogens (tertiary/aromatic N) is 1. The van der Waals surface area contributed by atoms with E-state index in [1.165, 1.54) is 11.8 Å². The van der Waals surface area contributed by atoms with Gasteiger partial charge in [-0.2, -0.15) is 0 Å². The fourth-order valence-corrected chi connectivity index (χ4v) is 3.99. The van der Waals surface area contributed by atoms with Gasteiger partial charge in [0, 0.05) is 11.6 Å². The molecule has 0 saturated carbocycles. The molecule has 0 atom stereocenters. The molecule has 134 valence electrons. The number of carbonyl (C=O) groups excluding carboxylic acids is 1. The molecule has 0 aliphatic carbocycles. The summed E-state index contributed by atoms with van der Waals surface area (Å²) in [6.07, 6.45) is 1.81. The topological polar surface area (TPSA) is 38.8 Å². The predicted molar refractivity (Wildman–Crippen MR) is 111 cm³/mol. The number of hydrogen-bond acceptors (Lipinski definition) is 5. The third-order valence-corrected chi connectivity index (χ3v) is 5.43. The molecular weight excluding hydrogens is 366 g/mol. The lowest BCUT2D eigenvalue weighted by molar-refractivity contribution is -0.113. The minimum absolute atomic E-state index is 0.119. The number of aryl methyl sites for hydroxylation is 2. The quantitative estimate of drug-likeness (QED) is 0.562. The van der Waals surface area contributed by atoms with Crippen molar-refractivity contribution in [1.82, 2.24) is 0 Å². The van der Waals surface area contributed by atoms with Crippen LogP contribution in [0.25, 0.3) is 6.08 Å². The maximum Gasteiger partial charge on any atom is 0.270 e. The number of thiocarbonyl (C=S) groups is 1. The molecule has 1 fully saturated rings. The Hall–Kier alpha value is -2.31. The maximum atomic E-state index is 13.0. The minimum atomic E-state index is -0.119. The Balaban J connectivity index is 1.99. The standard InChI is InChI=1S/C20H19NO3S2/c1-12-5-6-13(2)16(9-12)21-19(22)18(26-20(21)25)10-14-7-8-15(23-3)11-17(14)24-4/h5-11H,1-4H3/b18-10-. The van der Waals surface area contributed by atoms with Crippen LogP contribution < -0.4 is 14.4 Å². The van der Waals surface area contributed by atoms with Gasteiger partial charge in [0.25, 0.3) is 5.91 Å². The summed E-state index contributed by atoms with van der Waals surface area (Å²) in [6.45, 7) is 3.97. The van der Waals surface area contributed by atoms with Gasteiger partial charge in [0.2, 0.25) is 0 Å². The molecule has 0 bridgehead atoms. The van der Waals surface area contributed by atoms with Crippen molar-refractivity contribution in [1.29, 1.82) is 0 Å². The highest BCUT2D eigenvalue weighted by Crippen LogP contribution is 2.38. The third kappa shape index (κ3) is 3.48. The van der Waals surface area contributed by atoms with E-state index in [2.05, 4.69) is 0 Å². The first-order valence-electron chi connectivity index (χ1n) is 8.02. The number of benzene rings is 2. The second-order valence-electron chi connectivity index (χ2n) is 5.91. The zero-order chi connectivity index (χ0) is 18.8. The lowest BCUT2D eigenvalue weighted by atomic mass is 10.1. The van der Waals surface area contributed by atoms with Crippen LogP contribution in [-0.4, -0.2) is 24.4 Å². The average molecular weight is 386 g/mol. The highest BCUT2D eigenvalue weighted by atomic mass is 32.2. The molecule has 1 heterocycles. The molecule has 0 radical (unpaired) electrons. The molecule has 1 aliphatic rings. The fourth-order valence-electron chi connectivity index (χ4n) is 2.71. The largest absolute Gasteiger partial charge is 0.497 e. The molecule has 1 aliphatic heterocycles. The normalized spacial score (nSPS) is 15.7. The Labute approximate surface area is 162 Å². The highest BCUT2D eigenvalue weighted by molar-refractivity contribution is 8.27. The molecule has 26 heavy (non-hydrogen) atoms. The van der Waals surface area contributed by atoms with Crippen molar-refractivity contribution < 1.29 is 14.3 Å². The van der Waals surface area contributed by atoms with Gasteiger partial charge in [0.05, 0.1) is 24.8 Å². The van der Waals surface area contributed by atoms with Gasteiger partial charge in [0.1, 0.15) is 11.5 Å². The monoisotopic (exact) mass is 385 g/mol. The number of hydrogen-bond donors (Lipinski definition) is 0. The van der Waals surface area contributed by atoms with Gasteiger partial charge in [-0.1, -0.05) is 36.1 Å². The van der Waals surface area contributed by atoms with Crippen LogP contribution in [0.5, 0.6) is 11.5 Å². The first-order valence-corrected chi connectivity index (χ1v) is 9.24. The number of anilines is 1. The molecule has 0 unspecified atom stereocenters. The van der Waals surface area contributed by atoms with Crippen LogP contribution in [0.3, 0.4) is 0 Å². The summed E-state index contributed by atoms with van der Waals surface area (Å²) in [5, 5.41) is 0. The Bertz CT molecular complexity index is 921. The summed E-state index contributed by atoms with van der Waals surface area (Å²) in [7, 11) is 3.19. The number of carbonyl (C=O) groups is 1. The smallest absolute Gasteiger partial charge is 0.270 e. The number of thioether (sulfide) groups is 1. The van der Waals surface area contributed by atoms with Crippen LogP contribution in [0.15, 0.2) is 41.3 Å². The van der Waals surface area contributed by atoms with Crippen molar-refractivity contribution in [3.8, 4) is 11.5 Å². The van der Waals surface area contributed by atoms with Crippen LogP contribution >= 0.6 is 24.0 Å². The Morgan fingerprint density at radius 3 is 2.54 bits per heavy atom. The Morgan fingerprint density at radius 1 is 1.08 bits per heavy atom. The second-order valence-corrected chi connectivity index (χ2v) is 7.59. The van der Waals surface area contributed by atoms with Crippen LogP contribution in [0.4, 0.5) is 5.69 Å². The van der Waals surface area contributed by atoms with E-state index in [1.807, 2.05) is 50.3 Å². The predicted octanol–water partition coefficient (Wildman–Crippen LogP) is 4.73. The summed E-state index contributed by atoms with van der Waals surface area (Å²) in [5.74, 6) is 1.22. The van der Waals surface area contributed by atoms with Crippen LogP contribution in [0.1, 0.15) is 16.7 Å². The summed E-state index contributed by atoms with van der Waals surface area (Å²) >= 11 is 6.77. The van der Waals surface area contributed by atoms with Gasteiger partial charge in [0.15, 0.2) is 4.32 Å². The molecule has 0 N–H and O–H groups in total. The number of amides is 1. The summed E-state index contributed by atoms with van der Waals surface area (Å²) in [6, 6.07) is 11.5. The number of rotatable bonds is 4. The number of methoxy groups -OCH3 is 2. The van der Waals surface area contributed by atoms with E-state index >= 15 is 0 Å². The zero-order valence-corrected chi connectivity index (χ0v) is 16.7. The number of ether oxygens (including phenoxy) is 2. The van der Waals surface area contributed by atoms with Crippen LogP contribution in [-0.2, 0) is 4.79 Å². The average Bonchev–Trinajstić information content (AvgIpc) is 2.91. The van der Waals surface area contributed by atoms with E-state index in [1.54, 1.807) is 25.2 Å². The van der Waals surface area contributed by atoms with E-state index < -0.39 is 0 Å². The van der Waals surface area contributed by atoms with Gasteiger partial charge in [-0.25, -0.2) is 0 Å². The zero-order valence-electron chi connectivity index (χ0n) is 15.0. The molecule has 0 spiro atoms. The van der Waals surface area contributed by atoms with Gasteiger partial charge in [-0.05, 0) is 49.2 Å². The third-order valence-electron chi connectivity index (χ3n) is 4.13. The summed E-state index contributed by atoms with van der Waals surface area (Å²) in [5.41, 5.74) is 3.72. The van der Waals surface area contributed by atoms with E-state index in [0.29, 0.717) is 20.7 Å². The molecule has 0 aromatic heterocycles. The minimum Gasteiger partial charge on any atom is -0.497 e. The molecule has 2 aromatic rings. The highest BCUT2D eigenvalue weighted by Gasteiger charge is 2.34. The molecule has 1 amide bonds. The summed E-state index contributed by atoms with van der Waals surface area (Å²) in [4.78, 5) is 15.2. The van der Waals surface area contributed by atoms with E-state index in [4.69, 9.17) is 21.7 Å². The first-order chi connectivity index (χ1) is 12.4. The molecule has 6 heteroatoms. The van der Waals surface area contributed by atoms with Gasteiger partial charge in [-0.15, -0.1) is 0 Å². The van der Waals surface area contributed by atoms with Crippen molar-refractivity contribution in [2.75, 3.05) is 19.1 Å². The first kappa shape index (κ1) is 18.5. The molecular formula is C20H19NO3S2. The SMILES string of the molecule is COc1ccc(/C=C2\SC(=S)N(c3cc(C)ccc3C)C2=O)c(OC)c1. The molecule has 4 nitrogen and oxygen atoms in total. The lowest BCUT2D eigenvalue weighted by Gasteiger charge is -2.17. The van der Waals surface area contributed by atoms with Crippen molar-refractivity contribution >= 4 is 46.0 Å². The van der Waals surface area contributed by atoms with Crippen LogP contribution in [0, 0.1) is 13.8 Å². The van der Waals surface area contributed by atoms with Crippen molar-refractivity contribution in [3.63, 3.8) is 0 Å². The van der Waals surface area contributed by atoms with Crippen molar-refractivity contribution in [2.45, 2.75) is 13.8 Å². The molecule has 1 saturated heterocycles. The van der Waals surface area contributed by atoms with Crippen molar-refractivity contribution in [3.05, 3.63) is 58.0 Å². The lowest BCUT2D eigenvalue weighted by Crippen LogP contribution is -2.28.